The van der Waals surface area contributed by atoms with Crippen LogP contribution in [0.3, 0.4) is 0 Å². The summed E-state index contributed by atoms with van der Waals surface area (Å²) < 4.78 is 38.4. The van der Waals surface area contributed by atoms with Gasteiger partial charge >= 0.3 is 18.0 Å². The fourth-order valence-electron chi connectivity index (χ4n) is 6.81. The fourth-order valence-corrected chi connectivity index (χ4v) is 6.81. The molecule has 43 heavy (non-hydrogen) atoms. The number of carbonyl (C=O) groups excluding carboxylic acids is 3. The Balaban J connectivity index is 1.30. The second-order valence-electron chi connectivity index (χ2n) is 11.6. The zero-order chi connectivity index (χ0) is 30.7. The first kappa shape index (κ1) is 30.8. The minimum absolute atomic E-state index is 0.0699. The highest BCUT2D eigenvalue weighted by Crippen LogP contribution is 2.40. The van der Waals surface area contributed by atoms with Gasteiger partial charge in [0.15, 0.2) is 11.6 Å². The van der Waals surface area contributed by atoms with Crippen molar-refractivity contribution >= 4 is 18.0 Å². The molecule has 5 rings (SSSR count). The van der Waals surface area contributed by atoms with E-state index in [1.807, 2.05) is 30.3 Å². The molecule has 3 N–H and O–H groups in total. The van der Waals surface area contributed by atoms with E-state index in [-0.39, 0.29) is 24.3 Å². The highest BCUT2D eigenvalue weighted by Gasteiger charge is 2.50. The Hall–Kier alpha value is -3.61. The molecular weight excluding hydrogens is 562 g/mol. The Morgan fingerprint density at radius 1 is 1.07 bits per heavy atom. The second-order valence-corrected chi connectivity index (χ2v) is 11.6. The Morgan fingerprint density at radius 3 is 2.44 bits per heavy atom. The number of methoxy groups -OCH3 is 2. The van der Waals surface area contributed by atoms with Crippen LogP contribution in [0.25, 0.3) is 0 Å². The summed E-state index contributed by atoms with van der Waals surface area (Å²) in [5.74, 6) is -4.16. The molecule has 0 bridgehead atoms. The van der Waals surface area contributed by atoms with Crippen LogP contribution < -0.4 is 10.6 Å². The number of nitrogens with one attached hydrogen (secondary N) is 2. The van der Waals surface area contributed by atoms with Gasteiger partial charge in [0.2, 0.25) is 0 Å². The molecule has 3 fully saturated rings. The first-order chi connectivity index (χ1) is 20.6. The number of halogens is 2. The van der Waals surface area contributed by atoms with Crippen LogP contribution in [-0.2, 0) is 19.9 Å². The summed E-state index contributed by atoms with van der Waals surface area (Å²) in [5.41, 5.74) is 0.147. The summed E-state index contributed by atoms with van der Waals surface area (Å²) >= 11 is 0. The molecular formula is C31H38F2N4O6. The molecule has 1 aliphatic carbocycles. The van der Waals surface area contributed by atoms with Gasteiger partial charge in [-0.25, -0.2) is 23.3 Å². The lowest BCUT2D eigenvalue weighted by molar-refractivity contribution is -0.150. The van der Waals surface area contributed by atoms with Gasteiger partial charge in [-0.2, -0.15) is 0 Å². The minimum atomic E-state index is -1.28. The number of carbonyl (C=O) groups is 3. The van der Waals surface area contributed by atoms with Crippen LogP contribution in [0.1, 0.15) is 49.3 Å². The topological polar surface area (TPSA) is 120 Å². The van der Waals surface area contributed by atoms with Gasteiger partial charge in [-0.1, -0.05) is 36.4 Å². The largest absolute Gasteiger partial charge is 0.469 e. The molecule has 2 aromatic carbocycles. The number of rotatable bonds is 7. The predicted octanol–water partition coefficient (Wildman–Crippen LogP) is 3.45. The molecule has 4 atom stereocenters. The number of esters is 1. The lowest BCUT2D eigenvalue weighted by atomic mass is 9.77. The summed E-state index contributed by atoms with van der Waals surface area (Å²) in [5, 5.41) is 16.8. The maximum absolute atomic E-state index is 14.4. The van der Waals surface area contributed by atoms with Crippen LogP contribution in [0.4, 0.5) is 18.4 Å². The molecule has 4 amide bonds. The number of hydrogen-bond donors (Lipinski definition) is 3. The van der Waals surface area contributed by atoms with E-state index >= 15 is 0 Å². The minimum Gasteiger partial charge on any atom is -0.469 e. The first-order valence-electron chi connectivity index (χ1n) is 14.6. The third kappa shape index (κ3) is 6.36. The highest BCUT2D eigenvalue weighted by atomic mass is 19.2. The molecule has 0 aromatic heterocycles. The quantitative estimate of drug-likeness (QED) is 0.417. The molecule has 2 heterocycles. The number of ether oxygens (including phenoxy) is 2. The molecule has 2 aromatic rings. The molecule has 10 nitrogen and oxygen atoms in total. The van der Waals surface area contributed by atoms with Crippen LogP contribution in [0, 0.1) is 17.6 Å². The van der Waals surface area contributed by atoms with Crippen molar-refractivity contribution in [2.45, 2.75) is 61.9 Å². The number of imide groups is 1. The van der Waals surface area contributed by atoms with Gasteiger partial charge in [-0.15, -0.1) is 0 Å². The van der Waals surface area contributed by atoms with Gasteiger partial charge in [0.25, 0.3) is 0 Å². The van der Waals surface area contributed by atoms with E-state index in [0.717, 1.165) is 42.0 Å². The maximum Gasteiger partial charge on any atom is 0.326 e. The average molecular weight is 601 g/mol. The summed E-state index contributed by atoms with van der Waals surface area (Å²) in [6.07, 6.45) is 3.53. The van der Waals surface area contributed by atoms with E-state index in [4.69, 9.17) is 9.47 Å². The predicted molar refractivity (Wildman–Crippen MR) is 152 cm³/mol. The van der Waals surface area contributed by atoms with E-state index < -0.39 is 53.3 Å². The van der Waals surface area contributed by atoms with E-state index in [9.17, 15) is 28.3 Å². The average Bonchev–Trinajstić information content (AvgIpc) is 3.47. The summed E-state index contributed by atoms with van der Waals surface area (Å²) in [6, 6.07) is 8.98. The Bertz CT molecular complexity index is 1320. The third-order valence-corrected chi connectivity index (χ3v) is 9.06. The van der Waals surface area contributed by atoms with Gasteiger partial charge in [-0.3, -0.25) is 9.69 Å². The van der Waals surface area contributed by atoms with Crippen LogP contribution in [0.15, 0.2) is 48.5 Å². The van der Waals surface area contributed by atoms with Crippen molar-refractivity contribution in [1.29, 1.82) is 0 Å². The van der Waals surface area contributed by atoms with E-state index in [2.05, 4.69) is 15.5 Å². The molecule has 1 saturated carbocycles. The van der Waals surface area contributed by atoms with Crippen molar-refractivity contribution in [1.82, 2.24) is 20.4 Å². The highest BCUT2D eigenvalue weighted by molar-refractivity contribution is 5.96. The number of aliphatic hydroxyl groups is 1. The summed E-state index contributed by atoms with van der Waals surface area (Å²) in [4.78, 5) is 43.1. The van der Waals surface area contributed by atoms with Gasteiger partial charge in [-0.05, 0) is 55.4 Å². The first-order valence-corrected chi connectivity index (χ1v) is 14.6. The maximum atomic E-state index is 14.4. The number of nitrogens with zero attached hydrogens (tertiary/aromatic N) is 2. The smallest absolute Gasteiger partial charge is 0.326 e. The van der Waals surface area contributed by atoms with Gasteiger partial charge in [0.1, 0.15) is 5.92 Å². The van der Waals surface area contributed by atoms with Crippen molar-refractivity contribution < 1.29 is 37.7 Å². The van der Waals surface area contributed by atoms with Crippen molar-refractivity contribution in [3.8, 4) is 0 Å². The fraction of sp³-hybridized carbons (Fsp3) is 0.516. The number of likely N-dealkylation sites (tertiary alicyclic amines) is 1. The van der Waals surface area contributed by atoms with Gasteiger partial charge in [0, 0.05) is 32.3 Å². The standard InChI is InChI=1S/C31H38F2N4O6/c1-42-18-25-26(28(38)43-2)27(19-8-9-23(32)24(33)16-19)37(30(40)35-25)29(39)34-21-12-15-36(17-21)22-10-13-31(41,14-11-22)20-6-4-3-5-7-20/h3-9,16,21-22,25-27,41H,10-15,17-18H2,1-2H3,(H,34,39)(H,35,40)/t21?,22?,25?,26?,27-,31?/m0/s1. The monoisotopic (exact) mass is 600 g/mol. The molecule has 232 valence electrons. The molecule has 3 unspecified atom stereocenters. The zero-order valence-corrected chi connectivity index (χ0v) is 24.3. The molecule has 3 aliphatic rings. The Morgan fingerprint density at radius 2 is 1.79 bits per heavy atom. The Labute approximate surface area is 249 Å². The molecule has 2 saturated heterocycles. The van der Waals surface area contributed by atoms with Crippen LogP contribution >= 0.6 is 0 Å². The lowest BCUT2D eigenvalue weighted by Crippen LogP contribution is -2.65. The molecule has 12 heteroatoms. The van der Waals surface area contributed by atoms with Crippen LogP contribution in [0.2, 0.25) is 0 Å². The number of hydrogen-bond acceptors (Lipinski definition) is 7. The zero-order valence-electron chi connectivity index (χ0n) is 24.3. The number of urea groups is 2. The van der Waals surface area contributed by atoms with Crippen molar-refractivity contribution in [2.75, 3.05) is 33.9 Å². The molecule has 0 spiro atoms. The summed E-state index contributed by atoms with van der Waals surface area (Å²) in [6.45, 7) is 1.22. The third-order valence-electron chi connectivity index (χ3n) is 9.06. The molecule has 2 aliphatic heterocycles. The number of benzene rings is 2. The normalized spacial score (nSPS) is 29.7. The van der Waals surface area contributed by atoms with Crippen LogP contribution in [-0.4, -0.2) is 85.0 Å². The molecule has 0 radical (unpaired) electrons. The van der Waals surface area contributed by atoms with Crippen molar-refractivity contribution in [3.63, 3.8) is 0 Å². The Kier molecular flexibility index (Phi) is 9.28. The second kappa shape index (κ2) is 12.9. The SMILES string of the molecule is COCC1NC(=O)N(C(=O)NC2CCN(C3CCC(O)(c4ccccc4)CC3)C2)[C@@H](c2ccc(F)c(F)c2)C1C(=O)OC. The summed E-state index contributed by atoms with van der Waals surface area (Å²) in [7, 11) is 2.57. The van der Waals surface area contributed by atoms with Crippen molar-refractivity contribution in [2.24, 2.45) is 5.92 Å². The van der Waals surface area contributed by atoms with E-state index in [1.165, 1.54) is 20.3 Å². The van der Waals surface area contributed by atoms with Crippen LogP contribution in [0.5, 0.6) is 0 Å². The van der Waals surface area contributed by atoms with Gasteiger partial charge < -0.3 is 25.2 Å². The lowest BCUT2D eigenvalue weighted by Gasteiger charge is -2.43. The van der Waals surface area contributed by atoms with Gasteiger partial charge in [0.05, 0.1) is 31.4 Å². The van der Waals surface area contributed by atoms with Crippen molar-refractivity contribution in [3.05, 3.63) is 71.3 Å². The van der Waals surface area contributed by atoms with E-state index in [0.29, 0.717) is 25.8 Å². The number of amides is 4. The van der Waals surface area contributed by atoms with E-state index in [1.54, 1.807) is 0 Å².